The van der Waals surface area contributed by atoms with Gasteiger partial charge in [0.2, 0.25) is 5.95 Å². The fourth-order valence-corrected chi connectivity index (χ4v) is 3.83. The van der Waals surface area contributed by atoms with Crippen molar-refractivity contribution < 1.29 is 4.74 Å². The number of aryl methyl sites for hydroxylation is 1. The molecule has 3 N–H and O–H groups in total. The van der Waals surface area contributed by atoms with E-state index in [1.54, 1.807) is 4.68 Å². The summed E-state index contributed by atoms with van der Waals surface area (Å²) in [6, 6.07) is 0. The molecule has 1 saturated heterocycles. The summed E-state index contributed by atoms with van der Waals surface area (Å²) in [5, 5.41) is 7.65. The Hall–Kier alpha value is -2.19. The maximum absolute atomic E-state index is 5.96. The number of rotatable bonds is 5. The largest absolute Gasteiger partial charge is 0.381 e. The van der Waals surface area contributed by atoms with Gasteiger partial charge in [0.25, 0.3) is 0 Å². The van der Waals surface area contributed by atoms with Crippen LogP contribution in [0.25, 0.3) is 0 Å². The van der Waals surface area contributed by atoms with Crippen LogP contribution >= 0.6 is 0 Å². The molecule has 0 spiro atoms. The van der Waals surface area contributed by atoms with E-state index < -0.39 is 0 Å². The number of fused-ring (bicyclic) bond motifs is 1. The molecule has 1 fully saturated rings. The Morgan fingerprint density at radius 3 is 2.96 bits per heavy atom. The SMILES string of the molecule is Cn1cc(CNc2nc(N)nc3c2CCN(C[C@H]2CCOC2)CC3)cn1. The Bertz CT molecular complexity index is 754. The van der Waals surface area contributed by atoms with Crippen LogP contribution in [0.1, 0.15) is 23.2 Å². The lowest BCUT2D eigenvalue weighted by Crippen LogP contribution is -2.32. The van der Waals surface area contributed by atoms with Gasteiger partial charge in [-0.15, -0.1) is 0 Å². The average Bonchev–Trinajstić information content (AvgIpc) is 3.23. The highest BCUT2D eigenvalue weighted by atomic mass is 16.5. The van der Waals surface area contributed by atoms with Gasteiger partial charge in [-0.1, -0.05) is 0 Å². The lowest BCUT2D eigenvalue weighted by Gasteiger charge is -2.22. The van der Waals surface area contributed by atoms with Crippen molar-refractivity contribution in [3.63, 3.8) is 0 Å². The van der Waals surface area contributed by atoms with Crippen LogP contribution in [0.3, 0.4) is 0 Å². The molecule has 2 aliphatic rings. The van der Waals surface area contributed by atoms with E-state index in [2.05, 4.69) is 25.3 Å². The number of ether oxygens (including phenoxy) is 1. The second-order valence-electron chi connectivity index (χ2n) is 7.26. The number of nitrogens with zero attached hydrogens (tertiary/aromatic N) is 5. The summed E-state index contributed by atoms with van der Waals surface area (Å²) in [5.74, 6) is 1.87. The van der Waals surface area contributed by atoms with Crippen LogP contribution in [0.5, 0.6) is 0 Å². The molecule has 140 valence electrons. The Balaban J connectivity index is 1.45. The second kappa shape index (κ2) is 7.59. The smallest absolute Gasteiger partial charge is 0.222 e. The normalized spacial score (nSPS) is 20.7. The number of anilines is 2. The lowest BCUT2D eigenvalue weighted by atomic mass is 10.1. The third-order valence-corrected chi connectivity index (χ3v) is 5.21. The lowest BCUT2D eigenvalue weighted by molar-refractivity contribution is 0.168. The molecule has 26 heavy (non-hydrogen) atoms. The second-order valence-corrected chi connectivity index (χ2v) is 7.26. The summed E-state index contributed by atoms with van der Waals surface area (Å²) >= 11 is 0. The number of nitrogen functional groups attached to an aromatic ring is 1. The first-order valence-corrected chi connectivity index (χ1v) is 9.34. The Morgan fingerprint density at radius 1 is 1.31 bits per heavy atom. The minimum atomic E-state index is 0.343. The summed E-state index contributed by atoms with van der Waals surface area (Å²) in [5.41, 5.74) is 9.37. The first-order chi connectivity index (χ1) is 12.7. The number of hydrogen-bond donors (Lipinski definition) is 2. The molecular weight excluding hydrogens is 330 g/mol. The summed E-state index contributed by atoms with van der Waals surface area (Å²) in [4.78, 5) is 11.5. The van der Waals surface area contributed by atoms with Gasteiger partial charge >= 0.3 is 0 Å². The molecule has 0 saturated carbocycles. The van der Waals surface area contributed by atoms with E-state index in [0.29, 0.717) is 18.4 Å². The molecule has 8 heteroatoms. The molecule has 2 aromatic rings. The maximum Gasteiger partial charge on any atom is 0.222 e. The van der Waals surface area contributed by atoms with Crippen molar-refractivity contribution in [3.8, 4) is 0 Å². The zero-order valence-corrected chi connectivity index (χ0v) is 15.3. The first kappa shape index (κ1) is 17.2. The van der Waals surface area contributed by atoms with Crippen molar-refractivity contribution >= 4 is 11.8 Å². The molecular formula is C18H27N7O. The van der Waals surface area contributed by atoms with E-state index in [1.165, 1.54) is 12.0 Å². The number of hydrogen-bond acceptors (Lipinski definition) is 7. The van der Waals surface area contributed by atoms with Crippen LogP contribution in [-0.4, -0.2) is 57.5 Å². The Morgan fingerprint density at radius 2 is 2.19 bits per heavy atom. The van der Waals surface area contributed by atoms with Crippen LogP contribution in [0.4, 0.5) is 11.8 Å². The number of aromatic nitrogens is 4. The quantitative estimate of drug-likeness (QED) is 0.819. The molecule has 4 rings (SSSR count). The van der Waals surface area contributed by atoms with Crippen molar-refractivity contribution in [2.75, 3.05) is 43.9 Å². The van der Waals surface area contributed by atoms with Gasteiger partial charge in [0, 0.05) is 63.6 Å². The minimum Gasteiger partial charge on any atom is -0.381 e. The molecule has 0 radical (unpaired) electrons. The fraction of sp³-hybridized carbons (Fsp3) is 0.611. The molecule has 0 aliphatic carbocycles. The summed E-state index contributed by atoms with van der Waals surface area (Å²) in [6.45, 7) is 5.63. The van der Waals surface area contributed by atoms with E-state index >= 15 is 0 Å². The van der Waals surface area contributed by atoms with Gasteiger partial charge < -0.3 is 20.7 Å². The molecule has 2 aliphatic heterocycles. The van der Waals surface area contributed by atoms with Gasteiger partial charge in [-0.3, -0.25) is 4.68 Å². The van der Waals surface area contributed by atoms with E-state index in [-0.39, 0.29) is 0 Å². The van der Waals surface area contributed by atoms with Gasteiger partial charge in [0.05, 0.1) is 18.5 Å². The highest BCUT2D eigenvalue weighted by Gasteiger charge is 2.23. The highest BCUT2D eigenvalue weighted by molar-refractivity contribution is 5.50. The van der Waals surface area contributed by atoms with Crippen molar-refractivity contribution in [2.24, 2.45) is 13.0 Å². The van der Waals surface area contributed by atoms with E-state index in [0.717, 1.165) is 62.8 Å². The van der Waals surface area contributed by atoms with Crippen LogP contribution < -0.4 is 11.1 Å². The molecule has 0 aromatic carbocycles. The third kappa shape index (κ3) is 3.96. The predicted octanol–water partition coefficient (Wildman–Crippen LogP) is 0.842. The highest BCUT2D eigenvalue weighted by Crippen LogP contribution is 2.24. The molecule has 8 nitrogen and oxygen atoms in total. The molecule has 0 bridgehead atoms. The first-order valence-electron chi connectivity index (χ1n) is 9.34. The van der Waals surface area contributed by atoms with E-state index in [9.17, 15) is 0 Å². The minimum absolute atomic E-state index is 0.343. The number of nitrogens with one attached hydrogen (secondary N) is 1. The monoisotopic (exact) mass is 357 g/mol. The number of nitrogens with two attached hydrogens (primary N) is 1. The van der Waals surface area contributed by atoms with Gasteiger partial charge in [-0.2, -0.15) is 10.1 Å². The molecule has 2 aromatic heterocycles. The third-order valence-electron chi connectivity index (χ3n) is 5.21. The van der Waals surface area contributed by atoms with Crippen molar-refractivity contribution in [1.82, 2.24) is 24.6 Å². The molecule has 4 heterocycles. The summed E-state index contributed by atoms with van der Waals surface area (Å²) in [6.07, 6.45) is 6.90. The van der Waals surface area contributed by atoms with Crippen LogP contribution in [-0.2, 0) is 31.2 Å². The standard InChI is InChI=1S/C18H27N7O/c1-24-10-14(9-21-24)8-20-17-15-2-5-25(11-13-4-7-26-12-13)6-3-16(15)22-18(19)23-17/h9-10,13H,2-8,11-12H2,1H3,(H3,19,20,22,23)/t13-/m1/s1. The zero-order valence-electron chi connectivity index (χ0n) is 15.3. The van der Waals surface area contributed by atoms with Gasteiger partial charge in [-0.05, 0) is 18.8 Å². The molecule has 1 atom stereocenters. The Labute approximate surface area is 153 Å². The van der Waals surface area contributed by atoms with Crippen molar-refractivity contribution in [2.45, 2.75) is 25.8 Å². The van der Waals surface area contributed by atoms with Crippen LogP contribution in [0.2, 0.25) is 0 Å². The van der Waals surface area contributed by atoms with E-state index in [1.807, 2.05) is 19.4 Å². The topological polar surface area (TPSA) is 94.1 Å². The Kier molecular flexibility index (Phi) is 5.03. The summed E-state index contributed by atoms with van der Waals surface area (Å²) in [7, 11) is 1.92. The maximum atomic E-state index is 5.96. The van der Waals surface area contributed by atoms with Gasteiger partial charge in [0.1, 0.15) is 5.82 Å². The zero-order chi connectivity index (χ0) is 17.9. The van der Waals surface area contributed by atoms with Gasteiger partial charge in [0.15, 0.2) is 0 Å². The fourth-order valence-electron chi connectivity index (χ4n) is 3.83. The molecule has 0 unspecified atom stereocenters. The van der Waals surface area contributed by atoms with Crippen LogP contribution in [0, 0.1) is 5.92 Å². The van der Waals surface area contributed by atoms with E-state index in [4.69, 9.17) is 10.5 Å². The molecule has 0 amide bonds. The van der Waals surface area contributed by atoms with Crippen molar-refractivity contribution in [3.05, 3.63) is 29.2 Å². The predicted molar refractivity (Wildman–Crippen MR) is 99.8 cm³/mol. The van der Waals surface area contributed by atoms with Gasteiger partial charge in [-0.25, -0.2) is 4.98 Å². The van der Waals surface area contributed by atoms with Crippen LogP contribution in [0.15, 0.2) is 12.4 Å². The van der Waals surface area contributed by atoms with Crippen molar-refractivity contribution in [1.29, 1.82) is 0 Å². The average molecular weight is 357 g/mol. The summed E-state index contributed by atoms with van der Waals surface area (Å²) < 4.78 is 7.32.